The maximum absolute atomic E-state index is 14.2. The smallest absolute Gasteiger partial charge is 0.313 e. The number of ketones is 1. The number of nitrogens with one attached hydrogen (secondary N) is 2. The Hall–Kier alpha value is -4.42. The third-order valence-corrected chi connectivity index (χ3v) is 7.10. The van der Waals surface area contributed by atoms with Gasteiger partial charge in [0.1, 0.15) is 12.6 Å². The Morgan fingerprint density at radius 3 is 2.19 bits per heavy atom. The van der Waals surface area contributed by atoms with Crippen molar-refractivity contribution in [1.82, 2.24) is 10.2 Å². The number of halogens is 3. The number of amides is 3. The number of ether oxygens (including phenoxy) is 1. The Kier molecular flexibility index (Phi) is 10.5. The van der Waals surface area contributed by atoms with Crippen molar-refractivity contribution in [2.24, 2.45) is 5.92 Å². The van der Waals surface area contributed by atoms with Gasteiger partial charge in [0.25, 0.3) is 0 Å². The number of carboxylic acid groups (broad SMARTS) is 1. The SMILES string of the molecule is Cc1cc(F)c(F)c(OCC(=O)[C@H](CC(=O)O)NC(=O)C2CCN(C(=O)C(=O)Nc3ccc(C(C)(C)C)cc3)CC2)c1F. The Labute approximate surface area is 246 Å². The molecular formula is C30H34F3N3O7. The second-order valence-corrected chi connectivity index (χ2v) is 11.4. The Morgan fingerprint density at radius 2 is 1.63 bits per heavy atom. The van der Waals surface area contributed by atoms with Gasteiger partial charge in [0.2, 0.25) is 11.7 Å². The van der Waals surface area contributed by atoms with Crippen LogP contribution in [0.5, 0.6) is 5.75 Å². The molecule has 0 aromatic heterocycles. The third-order valence-electron chi connectivity index (χ3n) is 7.10. The molecule has 0 spiro atoms. The maximum Gasteiger partial charge on any atom is 0.313 e. The van der Waals surface area contributed by atoms with Crippen LogP contribution in [-0.2, 0) is 29.4 Å². The number of likely N-dealkylation sites (tertiary alicyclic amines) is 1. The monoisotopic (exact) mass is 605 g/mol. The summed E-state index contributed by atoms with van der Waals surface area (Å²) < 4.78 is 46.7. The van der Waals surface area contributed by atoms with Crippen molar-refractivity contribution in [3.8, 4) is 5.75 Å². The lowest BCUT2D eigenvalue weighted by molar-refractivity contribution is -0.145. The second-order valence-electron chi connectivity index (χ2n) is 11.4. The molecule has 43 heavy (non-hydrogen) atoms. The predicted octanol–water partition coefficient (Wildman–Crippen LogP) is 3.49. The molecule has 13 heteroatoms. The number of aliphatic carboxylic acids is 1. The minimum absolute atomic E-state index is 0.0609. The average molecular weight is 606 g/mol. The quantitative estimate of drug-likeness (QED) is 0.294. The fourth-order valence-electron chi connectivity index (χ4n) is 4.51. The summed E-state index contributed by atoms with van der Waals surface area (Å²) in [5, 5.41) is 14.1. The van der Waals surface area contributed by atoms with E-state index in [9.17, 15) is 42.3 Å². The molecule has 1 saturated heterocycles. The Morgan fingerprint density at radius 1 is 1.02 bits per heavy atom. The highest BCUT2D eigenvalue weighted by atomic mass is 19.2. The number of anilines is 1. The van der Waals surface area contributed by atoms with E-state index >= 15 is 0 Å². The van der Waals surface area contributed by atoms with Crippen LogP contribution in [0.3, 0.4) is 0 Å². The van der Waals surface area contributed by atoms with E-state index in [1.165, 1.54) is 4.90 Å². The number of aryl methyl sites for hydroxylation is 1. The minimum Gasteiger partial charge on any atom is -0.481 e. The summed E-state index contributed by atoms with van der Waals surface area (Å²) in [7, 11) is 0. The zero-order valence-corrected chi connectivity index (χ0v) is 24.3. The number of carbonyl (C=O) groups is 5. The molecule has 3 N–H and O–H groups in total. The first-order valence-corrected chi connectivity index (χ1v) is 13.6. The lowest BCUT2D eigenvalue weighted by Crippen LogP contribution is -2.50. The summed E-state index contributed by atoms with van der Waals surface area (Å²) in [6.45, 7) is 6.40. The normalized spacial score (nSPS) is 14.5. The van der Waals surface area contributed by atoms with Crippen molar-refractivity contribution < 1.29 is 47.0 Å². The third kappa shape index (κ3) is 8.55. The minimum atomic E-state index is -1.65. The lowest BCUT2D eigenvalue weighted by Gasteiger charge is -2.31. The summed E-state index contributed by atoms with van der Waals surface area (Å²) in [5.41, 5.74) is 1.16. The summed E-state index contributed by atoms with van der Waals surface area (Å²) in [6.07, 6.45) is -0.571. The fourth-order valence-corrected chi connectivity index (χ4v) is 4.51. The van der Waals surface area contributed by atoms with Crippen molar-refractivity contribution >= 4 is 35.2 Å². The van der Waals surface area contributed by atoms with Gasteiger partial charge in [-0.1, -0.05) is 32.9 Å². The van der Waals surface area contributed by atoms with Crippen molar-refractivity contribution in [1.29, 1.82) is 0 Å². The molecule has 2 aromatic carbocycles. The van der Waals surface area contributed by atoms with E-state index in [1.54, 1.807) is 12.1 Å². The van der Waals surface area contributed by atoms with Crippen LogP contribution in [-0.4, -0.2) is 65.2 Å². The van der Waals surface area contributed by atoms with Gasteiger partial charge in [0, 0.05) is 24.7 Å². The molecule has 1 fully saturated rings. The van der Waals surface area contributed by atoms with Crippen LogP contribution in [0, 0.1) is 30.3 Å². The molecule has 2 aromatic rings. The van der Waals surface area contributed by atoms with Crippen LogP contribution in [0.1, 0.15) is 51.2 Å². The highest BCUT2D eigenvalue weighted by Crippen LogP contribution is 2.27. The number of carbonyl (C=O) groups excluding carboxylic acids is 4. The summed E-state index contributed by atoms with van der Waals surface area (Å²) in [5.74, 6) is -10.8. The van der Waals surface area contributed by atoms with Gasteiger partial charge in [-0.05, 0) is 54.5 Å². The molecular weight excluding hydrogens is 571 g/mol. The number of rotatable bonds is 9. The van der Waals surface area contributed by atoms with E-state index < -0.39 is 77.7 Å². The van der Waals surface area contributed by atoms with E-state index in [-0.39, 0.29) is 36.9 Å². The van der Waals surface area contributed by atoms with Crippen molar-refractivity contribution in [3.05, 3.63) is 58.9 Å². The number of carboxylic acids is 1. The van der Waals surface area contributed by atoms with Crippen molar-refractivity contribution in [3.63, 3.8) is 0 Å². The number of benzene rings is 2. The van der Waals surface area contributed by atoms with Gasteiger partial charge in [-0.2, -0.15) is 4.39 Å². The van der Waals surface area contributed by atoms with E-state index in [2.05, 4.69) is 10.6 Å². The number of hydrogen-bond donors (Lipinski definition) is 3. The van der Waals surface area contributed by atoms with Crippen molar-refractivity contribution in [2.75, 3.05) is 25.0 Å². The van der Waals surface area contributed by atoms with Crippen LogP contribution in [0.4, 0.5) is 18.9 Å². The number of Topliss-reactive ketones (excluding diaryl/α,β-unsaturated/α-hetero) is 1. The van der Waals surface area contributed by atoms with Gasteiger partial charge in [0.05, 0.1) is 6.42 Å². The number of nitrogens with zero attached hydrogens (tertiary/aromatic N) is 1. The van der Waals surface area contributed by atoms with Crippen LogP contribution < -0.4 is 15.4 Å². The predicted molar refractivity (Wildman–Crippen MR) is 149 cm³/mol. The fraction of sp³-hybridized carbons (Fsp3) is 0.433. The summed E-state index contributed by atoms with van der Waals surface area (Å²) in [6, 6.07) is 6.14. The van der Waals surface area contributed by atoms with E-state index in [1.807, 2.05) is 32.9 Å². The number of hydrogen-bond acceptors (Lipinski definition) is 6. The molecule has 3 rings (SSSR count). The van der Waals surface area contributed by atoms with Crippen LogP contribution in [0.15, 0.2) is 30.3 Å². The molecule has 10 nitrogen and oxygen atoms in total. The molecule has 232 valence electrons. The highest BCUT2D eigenvalue weighted by molar-refractivity contribution is 6.39. The average Bonchev–Trinajstić information content (AvgIpc) is 2.94. The highest BCUT2D eigenvalue weighted by Gasteiger charge is 2.33. The first kappa shape index (κ1) is 33.1. The largest absolute Gasteiger partial charge is 0.481 e. The van der Waals surface area contributed by atoms with Crippen molar-refractivity contribution in [2.45, 2.75) is 58.4 Å². The molecule has 1 aliphatic heterocycles. The van der Waals surface area contributed by atoms with Gasteiger partial charge in [-0.3, -0.25) is 24.0 Å². The molecule has 0 aliphatic carbocycles. The van der Waals surface area contributed by atoms with Crippen LogP contribution >= 0.6 is 0 Å². The maximum atomic E-state index is 14.2. The molecule has 0 saturated carbocycles. The molecule has 3 amide bonds. The lowest BCUT2D eigenvalue weighted by atomic mass is 9.87. The van der Waals surface area contributed by atoms with Gasteiger partial charge in [-0.15, -0.1) is 0 Å². The van der Waals surface area contributed by atoms with E-state index in [0.717, 1.165) is 12.5 Å². The first-order chi connectivity index (χ1) is 20.1. The second kappa shape index (κ2) is 13.7. The van der Waals surface area contributed by atoms with E-state index in [4.69, 9.17) is 4.74 Å². The standard InChI is InChI=1S/C30H34F3N3O7/c1-16-13-20(31)25(33)26(24(16)32)43-15-22(37)21(14-23(38)39)35-27(40)17-9-11-36(12-10-17)29(42)28(41)34-19-7-5-18(6-8-19)30(2,3)4/h5-8,13,17,21H,9-12,14-15H2,1-4H3,(H,34,41)(H,35,40)(H,38,39)/t21-/m0/s1. The van der Waals surface area contributed by atoms with Gasteiger partial charge in [0.15, 0.2) is 23.2 Å². The molecule has 1 heterocycles. The van der Waals surface area contributed by atoms with Gasteiger partial charge < -0.3 is 25.4 Å². The molecule has 0 radical (unpaired) electrons. The Bertz CT molecular complexity index is 1370. The summed E-state index contributed by atoms with van der Waals surface area (Å²) >= 11 is 0. The van der Waals surface area contributed by atoms with Gasteiger partial charge in [-0.25, -0.2) is 8.78 Å². The molecule has 1 aliphatic rings. The topological polar surface area (TPSA) is 142 Å². The summed E-state index contributed by atoms with van der Waals surface area (Å²) in [4.78, 5) is 63.3. The van der Waals surface area contributed by atoms with Crippen LogP contribution in [0.25, 0.3) is 0 Å². The Balaban J connectivity index is 1.55. The molecule has 0 unspecified atom stereocenters. The van der Waals surface area contributed by atoms with Crippen LogP contribution in [0.2, 0.25) is 0 Å². The number of piperidine rings is 1. The zero-order valence-electron chi connectivity index (χ0n) is 24.3. The first-order valence-electron chi connectivity index (χ1n) is 13.6. The zero-order chi connectivity index (χ0) is 32.1. The van der Waals surface area contributed by atoms with E-state index in [0.29, 0.717) is 11.8 Å². The molecule has 0 bridgehead atoms. The molecule has 1 atom stereocenters. The van der Waals surface area contributed by atoms with Gasteiger partial charge >= 0.3 is 17.8 Å².